The van der Waals surface area contributed by atoms with E-state index in [1.54, 1.807) is 30.9 Å². The number of benzene rings is 1. The molecule has 2 aromatic rings. The fraction of sp³-hybridized carbons (Fsp3) is 0.545. The van der Waals surface area contributed by atoms with Crippen molar-refractivity contribution in [2.45, 2.75) is 75.8 Å². The van der Waals surface area contributed by atoms with Gasteiger partial charge in [-0.05, 0) is 44.4 Å². The van der Waals surface area contributed by atoms with Gasteiger partial charge in [0.25, 0.3) is 5.69 Å². The summed E-state index contributed by atoms with van der Waals surface area (Å²) in [6.45, 7) is 3.57. The van der Waals surface area contributed by atoms with Crippen LogP contribution in [-0.4, -0.2) is 72.7 Å². The van der Waals surface area contributed by atoms with Crippen LogP contribution >= 0.6 is 0 Å². The van der Waals surface area contributed by atoms with Gasteiger partial charge in [0.05, 0.1) is 16.6 Å². The van der Waals surface area contributed by atoms with E-state index in [9.17, 15) is 25.4 Å². The summed E-state index contributed by atoms with van der Waals surface area (Å²) < 4.78 is 11.8. The number of aliphatic hydroxyl groups excluding tert-OH is 2. The fourth-order valence-corrected chi connectivity index (χ4v) is 4.78. The number of ether oxygens (including phenoxy) is 2. The normalized spacial score (nSPS) is 33.7. The number of aromatic nitrogens is 2. The Morgan fingerprint density at radius 3 is 2.60 bits per heavy atom. The number of aliphatic hydroxyl groups is 3. The van der Waals surface area contributed by atoms with E-state index < -0.39 is 41.4 Å². The first-order chi connectivity index (χ1) is 16.6. The molecule has 13 nitrogen and oxygen atoms in total. The van der Waals surface area contributed by atoms with Gasteiger partial charge in [0.15, 0.2) is 18.3 Å². The molecule has 1 saturated heterocycles. The quantitative estimate of drug-likeness (QED) is 0.269. The molecule has 188 valence electrons. The van der Waals surface area contributed by atoms with Gasteiger partial charge in [-0.25, -0.2) is 4.98 Å². The van der Waals surface area contributed by atoms with Gasteiger partial charge in [-0.1, -0.05) is 0 Å². The maximum absolute atomic E-state index is 10.9. The Morgan fingerprint density at radius 2 is 2.00 bits per heavy atom. The molecule has 5 rings (SSSR count). The first-order valence-corrected chi connectivity index (χ1v) is 11.4. The van der Waals surface area contributed by atoms with Crippen molar-refractivity contribution >= 4 is 17.2 Å². The van der Waals surface area contributed by atoms with Gasteiger partial charge < -0.3 is 30.1 Å². The van der Waals surface area contributed by atoms with Crippen molar-refractivity contribution in [3.8, 4) is 5.88 Å². The van der Waals surface area contributed by atoms with E-state index in [0.29, 0.717) is 24.3 Å². The molecular formula is C22H28N6O7. The minimum Gasteiger partial charge on any atom is -0.471 e. The number of hydrogen-bond donors (Lipinski definition) is 5. The van der Waals surface area contributed by atoms with Crippen molar-refractivity contribution in [1.29, 1.82) is 0 Å². The molecule has 1 aliphatic carbocycles. The zero-order valence-electron chi connectivity index (χ0n) is 19.2. The third kappa shape index (κ3) is 4.48. The number of nitro groups is 1. The number of hydrogen-bond acceptors (Lipinski definition) is 12. The lowest BCUT2D eigenvalue weighted by Gasteiger charge is -2.44. The van der Waals surface area contributed by atoms with Gasteiger partial charge in [0, 0.05) is 18.2 Å². The van der Waals surface area contributed by atoms with Crippen LogP contribution in [0.4, 0.5) is 17.2 Å². The highest BCUT2D eigenvalue weighted by Gasteiger charge is 2.50. The average molecular weight is 489 g/mol. The SMILES string of the molecule is C[C@H]1O[C@@H](N2c3ncnc(OCc4ccc([N+](=O)[O-])cc4)c3NC2NC2CC(C)(O)C2)[C@H](O)[C@@H]1O. The summed E-state index contributed by atoms with van der Waals surface area (Å²) >= 11 is 0. The number of anilines is 2. The van der Waals surface area contributed by atoms with Gasteiger partial charge >= 0.3 is 0 Å². The Labute approximate surface area is 200 Å². The summed E-state index contributed by atoms with van der Waals surface area (Å²) in [5.74, 6) is 0.678. The predicted octanol–water partition coefficient (Wildman–Crippen LogP) is 0.449. The molecule has 1 unspecified atom stereocenters. The van der Waals surface area contributed by atoms with E-state index in [1.165, 1.54) is 18.5 Å². The Kier molecular flexibility index (Phi) is 5.97. The van der Waals surface area contributed by atoms with Crippen LogP contribution in [0.15, 0.2) is 30.6 Å². The highest BCUT2D eigenvalue weighted by molar-refractivity contribution is 5.76. The summed E-state index contributed by atoms with van der Waals surface area (Å²) in [7, 11) is 0. The maximum atomic E-state index is 10.9. The zero-order chi connectivity index (χ0) is 24.9. The molecule has 0 radical (unpaired) electrons. The van der Waals surface area contributed by atoms with Crippen molar-refractivity contribution in [3.05, 3.63) is 46.3 Å². The van der Waals surface area contributed by atoms with E-state index in [-0.39, 0.29) is 24.2 Å². The molecule has 5 N–H and O–H groups in total. The van der Waals surface area contributed by atoms with Crippen LogP contribution < -0.4 is 20.3 Å². The van der Waals surface area contributed by atoms with E-state index in [0.717, 1.165) is 5.56 Å². The zero-order valence-corrected chi connectivity index (χ0v) is 19.2. The lowest BCUT2D eigenvalue weighted by molar-refractivity contribution is -0.384. The van der Waals surface area contributed by atoms with Gasteiger partial charge in [0.2, 0.25) is 5.88 Å². The Hall–Kier alpha value is -3.10. The van der Waals surface area contributed by atoms with Crippen LogP contribution in [0.3, 0.4) is 0 Å². The first-order valence-electron chi connectivity index (χ1n) is 11.4. The smallest absolute Gasteiger partial charge is 0.269 e. The van der Waals surface area contributed by atoms with E-state index in [1.807, 2.05) is 0 Å². The lowest BCUT2D eigenvalue weighted by atomic mass is 9.77. The number of non-ortho nitro benzene ring substituents is 1. The van der Waals surface area contributed by atoms with Gasteiger partial charge in [0.1, 0.15) is 30.8 Å². The topological polar surface area (TPSA) is 175 Å². The summed E-state index contributed by atoms with van der Waals surface area (Å²) in [5.41, 5.74) is 0.448. The lowest BCUT2D eigenvalue weighted by Crippen LogP contribution is -2.62. The predicted molar refractivity (Wildman–Crippen MR) is 122 cm³/mol. The largest absolute Gasteiger partial charge is 0.471 e. The second-order valence-corrected chi connectivity index (χ2v) is 9.53. The van der Waals surface area contributed by atoms with Crippen molar-refractivity contribution in [1.82, 2.24) is 15.3 Å². The number of nitrogens with one attached hydrogen (secondary N) is 2. The number of nitrogens with zero attached hydrogens (tertiary/aromatic N) is 4. The molecule has 3 heterocycles. The third-order valence-electron chi connectivity index (χ3n) is 6.64. The third-order valence-corrected chi connectivity index (χ3v) is 6.64. The molecule has 2 aliphatic heterocycles. The molecule has 1 saturated carbocycles. The van der Waals surface area contributed by atoms with Crippen molar-refractivity contribution < 1.29 is 29.7 Å². The monoisotopic (exact) mass is 488 g/mol. The highest BCUT2D eigenvalue weighted by atomic mass is 16.6. The molecule has 1 aromatic carbocycles. The minimum absolute atomic E-state index is 0.00980. The van der Waals surface area contributed by atoms with Crippen LogP contribution in [0.2, 0.25) is 0 Å². The summed E-state index contributed by atoms with van der Waals surface area (Å²) in [6, 6.07) is 6.04. The molecule has 0 amide bonds. The Morgan fingerprint density at radius 1 is 1.29 bits per heavy atom. The molecule has 0 bridgehead atoms. The summed E-state index contributed by atoms with van der Waals surface area (Å²) in [6.07, 6.45) is -1.83. The molecule has 13 heteroatoms. The maximum Gasteiger partial charge on any atom is 0.269 e. The Balaban J connectivity index is 1.38. The van der Waals surface area contributed by atoms with Crippen LogP contribution in [0.25, 0.3) is 0 Å². The van der Waals surface area contributed by atoms with Gasteiger partial charge in [-0.2, -0.15) is 4.98 Å². The highest BCUT2D eigenvalue weighted by Crippen LogP contribution is 2.42. The second-order valence-electron chi connectivity index (χ2n) is 9.53. The molecule has 5 atom stereocenters. The van der Waals surface area contributed by atoms with Crippen molar-refractivity contribution in [2.24, 2.45) is 0 Å². The average Bonchev–Trinajstić information content (AvgIpc) is 3.28. The van der Waals surface area contributed by atoms with E-state index in [2.05, 4.69) is 20.6 Å². The van der Waals surface area contributed by atoms with Crippen LogP contribution in [-0.2, 0) is 11.3 Å². The standard InChI is InChI=1S/C22H28N6O7/c1-11-16(29)17(30)20(35-11)27-18-15(26-21(27)25-13-7-22(2,31)8-13)19(24-10-23-18)34-9-12-3-5-14(6-4-12)28(32)33/h3-6,10-11,13,16-17,20-21,25-26,29-31H,7-9H2,1-2H3/t11-,13?,16-,17-,20-,21?,22?/m1/s1. The van der Waals surface area contributed by atoms with E-state index in [4.69, 9.17) is 9.47 Å². The molecule has 0 spiro atoms. The number of fused-ring (bicyclic) bond motifs is 1. The first kappa shape index (κ1) is 23.6. The van der Waals surface area contributed by atoms with Crippen molar-refractivity contribution in [2.75, 3.05) is 10.2 Å². The van der Waals surface area contributed by atoms with Crippen LogP contribution in [0, 0.1) is 10.1 Å². The molecule has 1 aromatic heterocycles. The molecular weight excluding hydrogens is 460 g/mol. The van der Waals surface area contributed by atoms with Crippen molar-refractivity contribution in [3.63, 3.8) is 0 Å². The Bertz CT molecular complexity index is 1090. The van der Waals surface area contributed by atoms with Crippen LogP contribution in [0.1, 0.15) is 32.3 Å². The number of nitro benzene ring substituents is 1. The molecule has 3 aliphatic rings. The molecule has 35 heavy (non-hydrogen) atoms. The minimum atomic E-state index is -1.18. The fourth-order valence-electron chi connectivity index (χ4n) is 4.78. The van der Waals surface area contributed by atoms with Gasteiger partial charge in [-0.15, -0.1) is 0 Å². The number of rotatable bonds is 7. The van der Waals surface area contributed by atoms with E-state index >= 15 is 0 Å². The molecule has 2 fully saturated rings. The summed E-state index contributed by atoms with van der Waals surface area (Å²) in [4.78, 5) is 20.7. The van der Waals surface area contributed by atoms with Gasteiger partial charge in [-0.3, -0.25) is 20.3 Å². The van der Waals surface area contributed by atoms with Crippen LogP contribution in [0.5, 0.6) is 5.88 Å². The second kappa shape index (κ2) is 8.84. The summed E-state index contributed by atoms with van der Waals surface area (Å²) in [5, 5.41) is 48.7.